The maximum Gasteiger partial charge on any atom is 0.151 e. The molecule has 2 heteroatoms. The van der Waals surface area contributed by atoms with Crippen molar-refractivity contribution in [1.82, 2.24) is 0 Å². The number of anilines is 3. The standard InChI is InChI=1S/C74H77NO/c1-46-25-50(40-62(29-46)71(5,6)7)54-33-55(51-26-47(2)30-63(41-51)72(8,9)10)36-58(35-54)60-39-61(45-66(44-60)75-67-21-17-19-23-69(67)76-70-24-20-18-22-68(70)75)59-37-56(52-27-48(3)31-64(42-52)73(11,12)13)34-57(38-59)53-28-49(4)32-65(43-53)74(14,15)16/h17-45H,1-16H3. The number of nitrogens with zero attached hydrogens (tertiary/aromatic N) is 1. The van der Waals surface area contributed by atoms with Crippen molar-refractivity contribution < 1.29 is 4.74 Å². The summed E-state index contributed by atoms with van der Waals surface area (Å²) in [5, 5.41) is 0. The molecule has 2 nitrogen and oxygen atoms in total. The molecule has 0 radical (unpaired) electrons. The van der Waals surface area contributed by atoms with Gasteiger partial charge in [0.1, 0.15) is 0 Å². The summed E-state index contributed by atoms with van der Waals surface area (Å²) in [6.45, 7) is 36.7. The molecule has 0 spiro atoms. The molecule has 1 heterocycles. The number of hydrogen-bond acceptors (Lipinski definition) is 2. The molecule has 0 saturated heterocycles. The molecule has 0 amide bonds. The Labute approximate surface area is 455 Å². The molecule has 0 aliphatic carbocycles. The van der Waals surface area contributed by atoms with Crippen molar-refractivity contribution >= 4 is 17.1 Å². The van der Waals surface area contributed by atoms with Crippen LogP contribution in [0.2, 0.25) is 0 Å². The molecule has 0 aromatic heterocycles. The van der Waals surface area contributed by atoms with Gasteiger partial charge in [-0.05, 0) is 217 Å². The van der Waals surface area contributed by atoms with Crippen LogP contribution in [0.15, 0.2) is 176 Å². The van der Waals surface area contributed by atoms with Gasteiger partial charge in [0.2, 0.25) is 0 Å². The van der Waals surface area contributed by atoms with E-state index in [4.69, 9.17) is 4.74 Å². The van der Waals surface area contributed by atoms with Crippen LogP contribution in [0.1, 0.15) is 128 Å². The summed E-state index contributed by atoms with van der Waals surface area (Å²) in [5.41, 5.74) is 27.6. The van der Waals surface area contributed by atoms with Crippen LogP contribution in [-0.2, 0) is 21.7 Å². The highest BCUT2D eigenvalue weighted by Crippen LogP contribution is 2.52. The molecule has 0 bridgehead atoms. The van der Waals surface area contributed by atoms with Gasteiger partial charge < -0.3 is 9.64 Å². The first-order valence-electron chi connectivity index (χ1n) is 27.4. The predicted molar refractivity (Wildman–Crippen MR) is 328 cm³/mol. The van der Waals surface area contributed by atoms with Crippen molar-refractivity contribution in [3.05, 3.63) is 220 Å². The molecule has 1 aliphatic rings. The quantitative estimate of drug-likeness (QED) is 0.158. The van der Waals surface area contributed by atoms with E-state index in [-0.39, 0.29) is 21.7 Å². The number of rotatable bonds is 7. The second-order valence-electron chi connectivity index (χ2n) is 26.1. The van der Waals surface area contributed by atoms with Crippen LogP contribution in [0.4, 0.5) is 17.1 Å². The van der Waals surface area contributed by atoms with Gasteiger partial charge in [-0.3, -0.25) is 0 Å². The number of aryl methyl sites for hydroxylation is 4. The van der Waals surface area contributed by atoms with Crippen LogP contribution >= 0.6 is 0 Å². The molecule has 76 heavy (non-hydrogen) atoms. The summed E-state index contributed by atoms with van der Waals surface area (Å²) < 4.78 is 6.65. The van der Waals surface area contributed by atoms with Crippen molar-refractivity contribution in [1.29, 1.82) is 0 Å². The Morgan fingerprint density at radius 1 is 0.263 bits per heavy atom. The Morgan fingerprint density at radius 2 is 0.487 bits per heavy atom. The van der Waals surface area contributed by atoms with Crippen molar-refractivity contribution in [2.75, 3.05) is 4.90 Å². The molecule has 0 N–H and O–H groups in total. The number of fused-ring (bicyclic) bond motifs is 2. The van der Waals surface area contributed by atoms with Crippen molar-refractivity contribution in [2.24, 2.45) is 0 Å². The van der Waals surface area contributed by atoms with E-state index in [0.29, 0.717) is 0 Å². The smallest absolute Gasteiger partial charge is 0.151 e. The molecular formula is C74H77NO. The van der Waals surface area contributed by atoms with Crippen molar-refractivity contribution in [3.63, 3.8) is 0 Å². The summed E-state index contributed by atoms with van der Waals surface area (Å²) in [6.07, 6.45) is 0. The zero-order valence-electron chi connectivity index (χ0n) is 48.1. The Balaban J connectivity index is 1.30. The van der Waals surface area contributed by atoms with Gasteiger partial charge in [0, 0.05) is 5.69 Å². The van der Waals surface area contributed by atoms with E-state index in [0.717, 1.165) is 50.8 Å². The predicted octanol–water partition coefficient (Wildman–Crippen LogP) is 21.7. The zero-order chi connectivity index (χ0) is 54.2. The van der Waals surface area contributed by atoms with Gasteiger partial charge in [0.15, 0.2) is 11.5 Å². The van der Waals surface area contributed by atoms with Crippen LogP contribution in [0.3, 0.4) is 0 Å². The second-order valence-corrected chi connectivity index (χ2v) is 26.1. The van der Waals surface area contributed by atoms with Crippen LogP contribution in [0, 0.1) is 27.7 Å². The monoisotopic (exact) mass is 996 g/mol. The molecule has 0 atom stereocenters. The lowest BCUT2D eigenvalue weighted by Gasteiger charge is -2.33. The molecule has 9 aromatic rings. The van der Waals surface area contributed by atoms with Crippen molar-refractivity contribution in [3.8, 4) is 78.3 Å². The first-order chi connectivity index (χ1) is 35.7. The van der Waals surface area contributed by atoms with Gasteiger partial charge in [-0.2, -0.15) is 0 Å². The SMILES string of the molecule is Cc1cc(-c2cc(-c3cc(-c4cc(-c5cc(C)cc(C(C)(C)C)c5)cc(-c5cc(C)cc(C(C)(C)C)c5)c4)cc(N4c5ccccc5Oc5ccccc54)c3)cc(-c3cc(C)cc(C(C)(C)C)c3)c2)cc(C(C)(C)C)c1. The maximum absolute atomic E-state index is 6.65. The Morgan fingerprint density at radius 3 is 0.737 bits per heavy atom. The number of ether oxygens (including phenoxy) is 1. The average molecular weight is 996 g/mol. The van der Waals surface area contributed by atoms with E-state index < -0.39 is 0 Å². The van der Waals surface area contributed by atoms with Crippen LogP contribution in [-0.4, -0.2) is 0 Å². The molecule has 1 aliphatic heterocycles. The van der Waals surface area contributed by atoms with E-state index in [1.807, 2.05) is 0 Å². The van der Waals surface area contributed by atoms with Gasteiger partial charge >= 0.3 is 0 Å². The fourth-order valence-corrected chi connectivity index (χ4v) is 10.8. The lowest BCUT2D eigenvalue weighted by molar-refractivity contribution is 0.477. The molecule has 0 unspecified atom stereocenters. The summed E-state index contributed by atoms with van der Waals surface area (Å²) in [6, 6.07) is 67.1. The first kappa shape index (κ1) is 52.0. The van der Waals surface area contributed by atoms with Crippen molar-refractivity contribution in [2.45, 2.75) is 132 Å². The van der Waals surface area contributed by atoms with E-state index in [2.05, 4.69) is 292 Å². The molecule has 384 valence electrons. The topological polar surface area (TPSA) is 12.5 Å². The third-order valence-corrected chi connectivity index (χ3v) is 15.2. The number of benzene rings is 9. The third kappa shape index (κ3) is 10.8. The van der Waals surface area contributed by atoms with E-state index in [1.54, 1.807) is 0 Å². The summed E-state index contributed by atoms with van der Waals surface area (Å²) in [4.78, 5) is 2.40. The molecule has 0 saturated carbocycles. The summed E-state index contributed by atoms with van der Waals surface area (Å²) in [7, 11) is 0. The highest BCUT2D eigenvalue weighted by molar-refractivity contribution is 5.93. The molecular weight excluding hydrogens is 919 g/mol. The lowest BCUT2D eigenvalue weighted by Crippen LogP contribution is -2.15. The minimum absolute atomic E-state index is 0.0136. The van der Waals surface area contributed by atoms with E-state index in [9.17, 15) is 0 Å². The fraction of sp³-hybridized carbons (Fsp3) is 0.270. The number of hydrogen-bond donors (Lipinski definition) is 0. The lowest BCUT2D eigenvalue weighted by atomic mass is 9.82. The highest BCUT2D eigenvalue weighted by Gasteiger charge is 2.28. The summed E-state index contributed by atoms with van der Waals surface area (Å²) >= 11 is 0. The van der Waals surface area contributed by atoms with Crippen LogP contribution in [0.25, 0.3) is 66.8 Å². The molecule has 10 rings (SSSR count). The third-order valence-electron chi connectivity index (χ3n) is 15.2. The van der Waals surface area contributed by atoms with E-state index >= 15 is 0 Å². The van der Waals surface area contributed by atoms with Gasteiger partial charge in [0.05, 0.1) is 11.4 Å². The van der Waals surface area contributed by atoms with Gasteiger partial charge in [-0.25, -0.2) is 0 Å². The second kappa shape index (κ2) is 19.3. The minimum atomic E-state index is -0.0136. The minimum Gasteiger partial charge on any atom is -0.453 e. The Kier molecular flexibility index (Phi) is 13.2. The van der Waals surface area contributed by atoms with Gasteiger partial charge in [0.25, 0.3) is 0 Å². The first-order valence-corrected chi connectivity index (χ1v) is 27.4. The maximum atomic E-state index is 6.65. The molecule has 9 aromatic carbocycles. The summed E-state index contributed by atoms with van der Waals surface area (Å²) in [5.74, 6) is 1.65. The van der Waals surface area contributed by atoms with Crippen LogP contribution < -0.4 is 9.64 Å². The fourth-order valence-electron chi connectivity index (χ4n) is 10.8. The Hall–Kier alpha value is -7.42. The Bertz CT molecular complexity index is 3300. The van der Waals surface area contributed by atoms with Gasteiger partial charge in [-0.15, -0.1) is 0 Å². The zero-order valence-corrected chi connectivity index (χ0v) is 48.1. The molecule has 0 fully saturated rings. The van der Waals surface area contributed by atoms with Crippen LogP contribution in [0.5, 0.6) is 11.5 Å². The number of para-hydroxylation sites is 4. The normalized spacial score (nSPS) is 12.8. The van der Waals surface area contributed by atoms with Gasteiger partial charge in [-0.1, -0.05) is 202 Å². The highest BCUT2D eigenvalue weighted by atomic mass is 16.5. The largest absolute Gasteiger partial charge is 0.453 e. The average Bonchev–Trinajstić information content (AvgIpc) is 3.36. The van der Waals surface area contributed by atoms with E-state index in [1.165, 1.54) is 89.0 Å².